The van der Waals surface area contributed by atoms with Crippen LogP contribution in [0.2, 0.25) is 5.02 Å². The molecule has 0 aromatic heterocycles. The predicted molar refractivity (Wildman–Crippen MR) is 98.6 cm³/mol. The number of carbonyl (C=O) groups is 3. The summed E-state index contributed by atoms with van der Waals surface area (Å²) >= 11 is 6.02. The van der Waals surface area contributed by atoms with Crippen molar-refractivity contribution in [3.8, 4) is 0 Å². The van der Waals surface area contributed by atoms with Crippen molar-refractivity contribution in [3.05, 3.63) is 64.7 Å². The van der Waals surface area contributed by atoms with E-state index in [4.69, 9.17) is 11.6 Å². The zero-order valence-electron chi connectivity index (χ0n) is 14.6. The third kappa shape index (κ3) is 4.28. The molecule has 9 heteroatoms. The number of piperazine rings is 1. The van der Waals surface area contributed by atoms with Gasteiger partial charge in [-0.05, 0) is 23.8 Å². The van der Waals surface area contributed by atoms with Crippen molar-refractivity contribution in [3.63, 3.8) is 0 Å². The molecule has 1 aliphatic rings. The highest BCUT2D eigenvalue weighted by Gasteiger charge is 2.34. The van der Waals surface area contributed by atoms with Gasteiger partial charge in [0, 0.05) is 36.4 Å². The fraction of sp³-hybridized carbons (Fsp3) is 0.211. The van der Waals surface area contributed by atoms with Crippen LogP contribution in [0.1, 0.15) is 5.56 Å². The van der Waals surface area contributed by atoms with Gasteiger partial charge in [0.25, 0.3) is 0 Å². The first kappa shape index (κ1) is 19.8. The molecule has 1 heterocycles. The lowest BCUT2D eigenvalue weighted by Crippen LogP contribution is -2.56. The number of amides is 3. The molecule has 0 unspecified atom stereocenters. The maximum absolute atomic E-state index is 13.4. The minimum atomic E-state index is -1.11. The Bertz CT molecular complexity index is 938. The van der Waals surface area contributed by atoms with E-state index in [-0.39, 0.29) is 31.9 Å². The van der Waals surface area contributed by atoms with E-state index in [9.17, 15) is 23.2 Å². The third-order valence-corrected chi connectivity index (χ3v) is 4.66. The molecule has 3 rings (SSSR count). The van der Waals surface area contributed by atoms with Gasteiger partial charge in [-0.1, -0.05) is 29.8 Å². The summed E-state index contributed by atoms with van der Waals surface area (Å²) in [5.41, 5.74) is 0.808. The first-order valence-electron chi connectivity index (χ1n) is 8.42. The highest BCUT2D eigenvalue weighted by Crippen LogP contribution is 2.20. The van der Waals surface area contributed by atoms with Crippen LogP contribution in [0.25, 0.3) is 0 Å². The Morgan fingerprint density at radius 3 is 2.50 bits per heavy atom. The number of nitrogens with zero attached hydrogens (tertiary/aromatic N) is 2. The van der Waals surface area contributed by atoms with E-state index in [0.29, 0.717) is 5.02 Å². The zero-order chi connectivity index (χ0) is 20.3. The fourth-order valence-corrected chi connectivity index (χ4v) is 2.99. The van der Waals surface area contributed by atoms with E-state index in [1.54, 1.807) is 24.3 Å². The molecule has 28 heavy (non-hydrogen) atoms. The van der Waals surface area contributed by atoms with Crippen LogP contribution >= 0.6 is 11.6 Å². The van der Waals surface area contributed by atoms with Crippen LogP contribution < -0.4 is 10.2 Å². The van der Waals surface area contributed by atoms with Crippen LogP contribution in [-0.2, 0) is 20.9 Å². The van der Waals surface area contributed by atoms with Crippen LogP contribution in [0.4, 0.5) is 14.5 Å². The van der Waals surface area contributed by atoms with Crippen LogP contribution in [0.5, 0.6) is 0 Å². The normalized spacial score (nSPS) is 14.4. The van der Waals surface area contributed by atoms with Crippen LogP contribution in [0.3, 0.4) is 0 Å². The number of carbonyl (C=O) groups excluding carboxylic acids is 3. The van der Waals surface area contributed by atoms with Gasteiger partial charge in [0.2, 0.25) is 5.91 Å². The average molecular weight is 408 g/mol. The van der Waals surface area contributed by atoms with Gasteiger partial charge in [-0.3, -0.25) is 14.4 Å². The Morgan fingerprint density at radius 1 is 1.04 bits per heavy atom. The Hall–Kier alpha value is -3.00. The molecule has 2 aromatic rings. The molecule has 0 saturated carbocycles. The van der Waals surface area contributed by atoms with Gasteiger partial charge >= 0.3 is 11.8 Å². The lowest BCUT2D eigenvalue weighted by atomic mass is 10.2. The molecule has 6 nitrogen and oxygen atoms in total. The summed E-state index contributed by atoms with van der Waals surface area (Å²) in [6.07, 6.45) is 0. The number of halogens is 3. The van der Waals surface area contributed by atoms with Gasteiger partial charge < -0.3 is 15.1 Å². The summed E-state index contributed by atoms with van der Waals surface area (Å²) in [5.74, 6) is -4.39. The molecular formula is C19H16ClF2N3O3. The summed E-state index contributed by atoms with van der Waals surface area (Å²) in [5, 5.41) is 3.15. The van der Waals surface area contributed by atoms with E-state index < -0.39 is 29.4 Å². The third-order valence-electron chi connectivity index (χ3n) is 4.29. The van der Waals surface area contributed by atoms with Gasteiger partial charge in [0.15, 0.2) is 11.6 Å². The molecule has 146 valence electrons. The number of anilines is 1. The van der Waals surface area contributed by atoms with E-state index in [1.807, 2.05) is 0 Å². The first-order valence-corrected chi connectivity index (χ1v) is 8.80. The van der Waals surface area contributed by atoms with Gasteiger partial charge in [-0.2, -0.15) is 0 Å². The van der Waals surface area contributed by atoms with Crippen molar-refractivity contribution in [2.45, 2.75) is 6.54 Å². The highest BCUT2D eigenvalue weighted by molar-refractivity contribution is 6.41. The standard InChI is InChI=1S/C19H16ClF2N3O3/c20-14-4-2-1-3-12(14)10-23-17(26)11-24-7-8-25(19(28)18(24)27)13-5-6-15(21)16(22)9-13/h1-6,9H,7-8,10-11H2,(H,23,26). The SMILES string of the molecule is O=C(CN1CCN(c2ccc(F)c(F)c2)C(=O)C1=O)NCc1ccccc1Cl. The maximum atomic E-state index is 13.4. The summed E-state index contributed by atoms with van der Waals surface area (Å²) in [4.78, 5) is 38.9. The minimum absolute atomic E-state index is 0.0629. The van der Waals surface area contributed by atoms with Crippen molar-refractivity contribution < 1.29 is 23.2 Å². The second-order valence-electron chi connectivity index (χ2n) is 6.15. The Kier molecular flexibility index (Phi) is 5.89. The van der Waals surface area contributed by atoms with Gasteiger partial charge in [-0.25, -0.2) is 8.78 Å². The molecule has 0 bridgehead atoms. The summed E-state index contributed by atoms with van der Waals surface area (Å²) < 4.78 is 26.4. The molecule has 0 radical (unpaired) electrons. The molecule has 0 aliphatic carbocycles. The second kappa shape index (κ2) is 8.35. The number of hydrogen-bond acceptors (Lipinski definition) is 3. The molecule has 2 aromatic carbocycles. The highest BCUT2D eigenvalue weighted by atomic mass is 35.5. The van der Waals surface area contributed by atoms with E-state index >= 15 is 0 Å². The van der Waals surface area contributed by atoms with Crippen molar-refractivity contribution in [2.75, 3.05) is 24.5 Å². The number of hydrogen-bond donors (Lipinski definition) is 1. The molecular weight excluding hydrogens is 392 g/mol. The van der Waals surface area contributed by atoms with Gasteiger partial charge in [0.05, 0.1) is 0 Å². The number of rotatable bonds is 5. The van der Waals surface area contributed by atoms with Gasteiger partial charge in [-0.15, -0.1) is 0 Å². The minimum Gasteiger partial charge on any atom is -0.350 e. The van der Waals surface area contributed by atoms with Crippen molar-refractivity contribution in [2.24, 2.45) is 0 Å². The molecule has 0 atom stereocenters. The Balaban J connectivity index is 1.59. The predicted octanol–water partition coefficient (Wildman–Crippen LogP) is 2.11. The number of nitrogens with one attached hydrogen (secondary N) is 1. The maximum Gasteiger partial charge on any atom is 0.316 e. The van der Waals surface area contributed by atoms with Crippen molar-refractivity contribution >= 4 is 35.0 Å². The second-order valence-corrected chi connectivity index (χ2v) is 6.56. The largest absolute Gasteiger partial charge is 0.350 e. The molecule has 1 aliphatic heterocycles. The molecule has 1 saturated heterocycles. The smallest absolute Gasteiger partial charge is 0.316 e. The Morgan fingerprint density at radius 2 is 1.79 bits per heavy atom. The molecule has 0 spiro atoms. The fourth-order valence-electron chi connectivity index (χ4n) is 2.79. The number of benzene rings is 2. The van der Waals surface area contributed by atoms with Crippen LogP contribution in [-0.4, -0.2) is 42.3 Å². The lowest BCUT2D eigenvalue weighted by molar-refractivity contribution is -0.147. The van der Waals surface area contributed by atoms with Crippen LogP contribution in [0.15, 0.2) is 42.5 Å². The molecule has 1 fully saturated rings. The zero-order valence-corrected chi connectivity index (χ0v) is 15.4. The van der Waals surface area contributed by atoms with Crippen LogP contribution in [0, 0.1) is 11.6 Å². The topological polar surface area (TPSA) is 69.7 Å². The van der Waals surface area contributed by atoms with Crippen molar-refractivity contribution in [1.82, 2.24) is 10.2 Å². The van der Waals surface area contributed by atoms with E-state index in [0.717, 1.165) is 27.5 Å². The summed E-state index contributed by atoms with van der Waals surface area (Å²) in [6, 6.07) is 9.97. The quantitative estimate of drug-likeness (QED) is 0.772. The summed E-state index contributed by atoms with van der Waals surface area (Å²) in [6.45, 7) is 0.0482. The monoisotopic (exact) mass is 407 g/mol. The lowest BCUT2D eigenvalue weighted by Gasteiger charge is -2.33. The van der Waals surface area contributed by atoms with Gasteiger partial charge in [0.1, 0.15) is 6.54 Å². The van der Waals surface area contributed by atoms with E-state index in [1.165, 1.54) is 6.07 Å². The summed E-state index contributed by atoms with van der Waals surface area (Å²) in [7, 11) is 0. The average Bonchev–Trinajstić information content (AvgIpc) is 2.67. The molecule has 1 N–H and O–H groups in total. The van der Waals surface area contributed by atoms with Crippen molar-refractivity contribution in [1.29, 1.82) is 0 Å². The first-order chi connectivity index (χ1) is 13.4. The Labute approximate surface area is 164 Å². The molecule has 3 amide bonds. The van der Waals surface area contributed by atoms with E-state index in [2.05, 4.69) is 5.32 Å².